The summed E-state index contributed by atoms with van der Waals surface area (Å²) in [6.45, 7) is 1.87. The third-order valence-electron chi connectivity index (χ3n) is 3.31. The molecule has 0 radical (unpaired) electrons. The molecule has 3 aromatic rings. The zero-order valence-corrected chi connectivity index (χ0v) is 11.8. The highest BCUT2D eigenvalue weighted by Gasteiger charge is 2.08. The van der Waals surface area contributed by atoms with Crippen LogP contribution in [0.3, 0.4) is 0 Å². The largest absolute Gasteiger partial charge is 0.508 e. The molecule has 3 rings (SSSR count). The van der Waals surface area contributed by atoms with E-state index < -0.39 is 5.82 Å². The Bertz CT molecular complexity index is 830. The van der Waals surface area contributed by atoms with Crippen LogP contribution in [-0.4, -0.2) is 20.4 Å². The molecule has 1 aromatic heterocycles. The Hall–Kier alpha value is -3.02. The molecule has 0 aliphatic heterocycles. The molecule has 0 aliphatic rings. The quantitative estimate of drug-likeness (QED) is 0.556. The molecule has 5 nitrogen and oxygen atoms in total. The van der Waals surface area contributed by atoms with Crippen molar-refractivity contribution in [3.63, 3.8) is 0 Å². The van der Waals surface area contributed by atoms with Crippen LogP contribution in [0, 0.1) is 12.7 Å². The fourth-order valence-corrected chi connectivity index (χ4v) is 2.13. The maximum atomic E-state index is 13.4. The second kappa shape index (κ2) is 5.40. The standard InChI is InChI=1S/C16H14FN3O2/c1-9-6-11(21)3-4-13(9)18-16-8-14(19-20-16)10-2-5-15(22)12(17)7-10/h2-8,21-22H,1H3,(H2,18,19,20). The van der Waals surface area contributed by atoms with Crippen molar-refractivity contribution in [3.05, 3.63) is 53.8 Å². The minimum Gasteiger partial charge on any atom is -0.508 e. The van der Waals surface area contributed by atoms with E-state index >= 15 is 0 Å². The smallest absolute Gasteiger partial charge is 0.165 e. The number of H-pyrrole nitrogens is 1. The van der Waals surface area contributed by atoms with Gasteiger partial charge in [0.2, 0.25) is 0 Å². The van der Waals surface area contributed by atoms with E-state index in [1.165, 1.54) is 12.1 Å². The average molecular weight is 299 g/mol. The number of aromatic nitrogens is 2. The summed E-state index contributed by atoms with van der Waals surface area (Å²) in [5.41, 5.74) is 2.89. The van der Waals surface area contributed by atoms with E-state index in [2.05, 4.69) is 15.5 Å². The van der Waals surface area contributed by atoms with Gasteiger partial charge in [0.15, 0.2) is 17.4 Å². The number of nitrogens with zero attached hydrogens (tertiary/aromatic N) is 1. The fourth-order valence-electron chi connectivity index (χ4n) is 2.13. The van der Waals surface area contributed by atoms with Crippen molar-refractivity contribution in [1.82, 2.24) is 10.2 Å². The minimum atomic E-state index is -0.684. The monoisotopic (exact) mass is 299 g/mol. The topological polar surface area (TPSA) is 81.2 Å². The van der Waals surface area contributed by atoms with Gasteiger partial charge in [0.1, 0.15) is 5.75 Å². The number of hydrogen-bond acceptors (Lipinski definition) is 4. The SMILES string of the molecule is Cc1cc(O)ccc1Nc1cc(-c2ccc(O)c(F)c2)[nH]n1. The van der Waals surface area contributed by atoms with Crippen molar-refractivity contribution in [1.29, 1.82) is 0 Å². The fraction of sp³-hybridized carbons (Fsp3) is 0.0625. The van der Waals surface area contributed by atoms with E-state index in [1.54, 1.807) is 30.3 Å². The molecule has 0 saturated heterocycles. The molecule has 112 valence electrons. The lowest BCUT2D eigenvalue weighted by Gasteiger charge is -2.06. The molecule has 1 heterocycles. The molecular formula is C16H14FN3O2. The summed E-state index contributed by atoms with van der Waals surface area (Å²) in [5.74, 6) is -0.306. The Labute approximate surface area is 126 Å². The molecule has 0 fully saturated rings. The predicted octanol–water partition coefficient (Wildman–Crippen LogP) is 3.68. The van der Waals surface area contributed by atoms with E-state index in [0.29, 0.717) is 17.1 Å². The highest BCUT2D eigenvalue weighted by atomic mass is 19.1. The van der Waals surface area contributed by atoms with Gasteiger partial charge in [0.25, 0.3) is 0 Å². The number of nitrogens with one attached hydrogen (secondary N) is 2. The number of rotatable bonds is 3. The molecule has 0 aliphatic carbocycles. The zero-order chi connectivity index (χ0) is 15.7. The van der Waals surface area contributed by atoms with Crippen molar-refractivity contribution in [2.75, 3.05) is 5.32 Å². The van der Waals surface area contributed by atoms with Crippen LogP contribution in [0.5, 0.6) is 11.5 Å². The van der Waals surface area contributed by atoms with Crippen LogP contribution in [0.4, 0.5) is 15.9 Å². The maximum absolute atomic E-state index is 13.4. The number of phenolic OH excluding ortho intramolecular Hbond substituents is 2. The molecule has 0 spiro atoms. The minimum absolute atomic E-state index is 0.199. The van der Waals surface area contributed by atoms with E-state index in [0.717, 1.165) is 11.3 Å². The molecule has 2 aromatic carbocycles. The third-order valence-corrected chi connectivity index (χ3v) is 3.31. The van der Waals surface area contributed by atoms with Gasteiger partial charge < -0.3 is 15.5 Å². The molecule has 0 amide bonds. The van der Waals surface area contributed by atoms with Gasteiger partial charge in [-0.2, -0.15) is 5.10 Å². The molecule has 0 atom stereocenters. The van der Waals surface area contributed by atoms with Crippen LogP contribution in [0.2, 0.25) is 0 Å². The molecule has 0 unspecified atom stereocenters. The van der Waals surface area contributed by atoms with Gasteiger partial charge in [-0.3, -0.25) is 5.10 Å². The van der Waals surface area contributed by atoms with Crippen LogP contribution < -0.4 is 5.32 Å². The van der Waals surface area contributed by atoms with Crippen molar-refractivity contribution in [2.24, 2.45) is 0 Å². The van der Waals surface area contributed by atoms with Crippen molar-refractivity contribution in [2.45, 2.75) is 6.92 Å². The van der Waals surface area contributed by atoms with Gasteiger partial charge >= 0.3 is 0 Å². The molecule has 22 heavy (non-hydrogen) atoms. The maximum Gasteiger partial charge on any atom is 0.165 e. The Kier molecular flexibility index (Phi) is 3.42. The van der Waals surface area contributed by atoms with Gasteiger partial charge in [-0.1, -0.05) is 0 Å². The summed E-state index contributed by atoms with van der Waals surface area (Å²) in [6.07, 6.45) is 0. The second-order valence-electron chi connectivity index (χ2n) is 4.96. The third kappa shape index (κ3) is 2.71. The van der Waals surface area contributed by atoms with Crippen molar-refractivity contribution < 1.29 is 14.6 Å². The summed E-state index contributed by atoms with van der Waals surface area (Å²) in [5, 5.41) is 28.7. The first-order chi connectivity index (χ1) is 10.5. The number of anilines is 2. The molecular weight excluding hydrogens is 285 g/mol. The number of aryl methyl sites for hydroxylation is 1. The lowest BCUT2D eigenvalue weighted by Crippen LogP contribution is -1.92. The van der Waals surface area contributed by atoms with E-state index in [4.69, 9.17) is 0 Å². The van der Waals surface area contributed by atoms with Crippen molar-refractivity contribution in [3.8, 4) is 22.8 Å². The van der Waals surface area contributed by atoms with Gasteiger partial charge in [-0.25, -0.2) is 4.39 Å². The highest BCUT2D eigenvalue weighted by molar-refractivity contribution is 5.68. The second-order valence-corrected chi connectivity index (χ2v) is 4.96. The van der Waals surface area contributed by atoms with Crippen LogP contribution in [0.15, 0.2) is 42.5 Å². The van der Waals surface area contributed by atoms with E-state index in [1.807, 2.05) is 6.92 Å². The van der Waals surface area contributed by atoms with Crippen LogP contribution in [-0.2, 0) is 0 Å². The first-order valence-corrected chi connectivity index (χ1v) is 6.64. The van der Waals surface area contributed by atoms with Gasteiger partial charge in [-0.05, 0) is 48.9 Å². The highest BCUT2D eigenvalue weighted by Crippen LogP contribution is 2.27. The number of halogens is 1. The van der Waals surface area contributed by atoms with Crippen LogP contribution >= 0.6 is 0 Å². The zero-order valence-electron chi connectivity index (χ0n) is 11.8. The van der Waals surface area contributed by atoms with Gasteiger partial charge in [0.05, 0.1) is 5.69 Å². The summed E-state index contributed by atoms with van der Waals surface area (Å²) >= 11 is 0. The van der Waals surface area contributed by atoms with Gasteiger partial charge in [-0.15, -0.1) is 0 Å². The Morgan fingerprint density at radius 2 is 1.91 bits per heavy atom. The Morgan fingerprint density at radius 1 is 1.09 bits per heavy atom. The Balaban J connectivity index is 1.85. The summed E-state index contributed by atoms with van der Waals surface area (Å²) in [4.78, 5) is 0. The number of phenols is 2. The average Bonchev–Trinajstić information content (AvgIpc) is 2.93. The number of benzene rings is 2. The first kappa shape index (κ1) is 13.9. The van der Waals surface area contributed by atoms with E-state index in [-0.39, 0.29) is 11.5 Å². The Morgan fingerprint density at radius 3 is 2.64 bits per heavy atom. The van der Waals surface area contributed by atoms with Crippen LogP contribution in [0.25, 0.3) is 11.3 Å². The first-order valence-electron chi connectivity index (χ1n) is 6.64. The van der Waals surface area contributed by atoms with Gasteiger partial charge in [0, 0.05) is 17.3 Å². The molecule has 0 saturated carbocycles. The van der Waals surface area contributed by atoms with Crippen molar-refractivity contribution >= 4 is 11.5 Å². The molecule has 4 N–H and O–H groups in total. The number of aromatic amines is 1. The van der Waals surface area contributed by atoms with E-state index in [9.17, 15) is 14.6 Å². The number of hydrogen-bond donors (Lipinski definition) is 4. The summed E-state index contributed by atoms with van der Waals surface area (Å²) in [6, 6.07) is 10.8. The predicted molar refractivity (Wildman–Crippen MR) is 81.8 cm³/mol. The lowest BCUT2D eigenvalue weighted by atomic mass is 10.1. The molecule has 6 heteroatoms. The summed E-state index contributed by atoms with van der Waals surface area (Å²) in [7, 11) is 0. The lowest BCUT2D eigenvalue weighted by molar-refractivity contribution is 0.432. The molecule has 0 bridgehead atoms. The van der Waals surface area contributed by atoms with Crippen LogP contribution in [0.1, 0.15) is 5.56 Å². The summed E-state index contributed by atoms with van der Waals surface area (Å²) < 4.78 is 13.4. The number of aromatic hydroxyl groups is 2. The normalized spacial score (nSPS) is 10.6.